The fourth-order valence-electron chi connectivity index (χ4n) is 2.33. The molecule has 0 aliphatic carbocycles. The molecular formula is C12H22N4OS. The molecule has 1 saturated heterocycles. The lowest BCUT2D eigenvalue weighted by molar-refractivity contribution is 0.367. The van der Waals surface area contributed by atoms with Crippen LogP contribution in [0.4, 0.5) is 0 Å². The Morgan fingerprint density at radius 3 is 2.83 bits per heavy atom. The fourth-order valence-corrected chi connectivity index (χ4v) is 3.51. The first-order valence-corrected chi connectivity index (χ1v) is 7.67. The molecule has 0 aromatic carbocycles. The molecule has 1 aliphatic rings. The van der Waals surface area contributed by atoms with E-state index >= 15 is 0 Å². The maximum atomic E-state index is 11.6. The second-order valence-corrected chi connectivity index (χ2v) is 6.17. The molecular weight excluding hydrogens is 248 g/mol. The Balaban J connectivity index is 1.84. The van der Waals surface area contributed by atoms with Crippen LogP contribution in [0.15, 0.2) is 9.95 Å². The molecule has 1 fully saturated rings. The van der Waals surface area contributed by atoms with Crippen molar-refractivity contribution in [3.8, 4) is 0 Å². The summed E-state index contributed by atoms with van der Waals surface area (Å²) in [5.74, 6) is 1.87. The summed E-state index contributed by atoms with van der Waals surface area (Å²) >= 11 is 1.69. The summed E-state index contributed by atoms with van der Waals surface area (Å²) in [6.45, 7) is 6.31. The van der Waals surface area contributed by atoms with E-state index in [2.05, 4.69) is 15.5 Å². The van der Waals surface area contributed by atoms with Gasteiger partial charge in [0.25, 0.3) is 0 Å². The van der Waals surface area contributed by atoms with Gasteiger partial charge < -0.3 is 5.32 Å². The van der Waals surface area contributed by atoms with Crippen molar-refractivity contribution < 1.29 is 0 Å². The molecule has 0 bridgehead atoms. The van der Waals surface area contributed by atoms with Crippen molar-refractivity contribution in [2.75, 3.05) is 18.8 Å². The molecule has 0 amide bonds. The summed E-state index contributed by atoms with van der Waals surface area (Å²) in [7, 11) is 0. The molecule has 1 aliphatic heterocycles. The first-order valence-electron chi connectivity index (χ1n) is 6.69. The Hall–Kier alpha value is -0.750. The molecule has 2 N–H and O–H groups in total. The molecule has 18 heavy (non-hydrogen) atoms. The smallest absolute Gasteiger partial charge is 0.317 e. The van der Waals surface area contributed by atoms with E-state index in [4.69, 9.17) is 0 Å². The van der Waals surface area contributed by atoms with Gasteiger partial charge in [-0.25, -0.2) is 9.89 Å². The number of rotatable bonds is 5. The molecule has 0 saturated carbocycles. The maximum Gasteiger partial charge on any atom is 0.344 e. The molecule has 1 aromatic heterocycles. The Bertz CT molecular complexity index is 420. The third-order valence-electron chi connectivity index (χ3n) is 3.40. The number of hydrogen-bond donors (Lipinski definition) is 2. The van der Waals surface area contributed by atoms with Gasteiger partial charge in [-0.2, -0.15) is 0 Å². The zero-order chi connectivity index (χ0) is 13.0. The highest BCUT2D eigenvalue weighted by Crippen LogP contribution is 2.23. The number of piperidine rings is 1. The summed E-state index contributed by atoms with van der Waals surface area (Å²) in [5, 5.41) is 10.8. The second kappa shape index (κ2) is 6.43. The summed E-state index contributed by atoms with van der Waals surface area (Å²) in [6, 6.07) is 0.164. The largest absolute Gasteiger partial charge is 0.344 e. The molecule has 0 unspecified atom stereocenters. The first kappa shape index (κ1) is 13.7. The van der Waals surface area contributed by atoms with Gasteiger partial charge in [0, 0.05) is 11.8 Å². The summed E-state index contributed by atoms with van der Waals surface area (Å²) in [5.41, 5.74) is -0.102. The van der Waals surface area contributed by atoms with Gasteiger partial charge in [-0.15, -0.1) is 5.10 Å². The van der Waals surface area contributed by atoms with Gasteiger partial charge >= 0.3 is 5.69 Å². The van der Waals surface area contributed by atoms with Crippen molar-refractivity contribution in [3.63, 3.8) is 0 Å². The zero-order valence-electron chi connectivity index (χ0n) is 11.1. The lowest BCUT2D eigenvalue weighted by Crippen LogP contribution is -2.28. The van der Waals surface area contributed by atoms with E-state index in [1.165, 1.54) is 19.3 Å². The summed E-state index contributed by atoms with van der Waals surface area (Å²) in [6.07, 6.45) is 3.77. The molecule has 2 heterocycles. The van der Waals surface area contributed by atoms with Crippen LogP contribution >= 0.6 is 11.8 Å². The van der Waals surface area contributed by atoms with Gasteiger partial charge in [0.2, 0.25) is 0 Å². The number of nitrogens with one attached hydrogen (secondary N) is 2. The maximum absolute atomic E-state index is 11.6. The number of hydrogen-bond acceptors (Lipinski definition) is 4. The van der Waals surface area contributed by atoms with E-state index in [1.54, 1.807) is 16.3 Å². The van der Waals surface area contributed by atoms with Crippen LogP contribution in [0, 0.1) is 5.92 Å². The standard InChI is InChI=1S/C12H22N4OS/c1-9(2)16-11(17)14-15-12(16)18-8-5-10-3-6-13-7-4-10/h9-10,13H,3-8H2,1-2H3,(H,14,17). The second-order valence-electron chi connectivity index (χ2n) is 5.11. The van der Waals surface area contributed by atoms with Crippen LogP contribution in [0.25, 0.3) is 0 Å². The molecule has 2 rings (SSSR count). The van der Waals surface area contributed by atoms with Crippen LogP contribution in [0.1, 0.15) is 39.2 Å². The van der Waals surface area contributed by atoms with Crippen LogP contribution in [-0.2, 0) is 0 Å². The first-order chi connectivity index (χ1) is 8.68. The Kier molecular flexibility index (Phi) is 4.88. The predicted molar refractivity (Wildman–Crippen MR) is 74.2 cm³/mol. The molecule has 0 atom stereocenters. The third-order valence-corrected chi connectivity index (χ3v) is 4.39. The van der Waals surface area contributed by atoms with Gasteiger partial charge in [-0.3, -0.25) is 4.57 Å². The highest BCUT2D eigenvalue weighted by atomic mass is 32.2. The van der Waals surface area contributed by atoms with Crippen molar-refractivity contribution in [2.24, 2.45) is 5.92 Å². The molecule has 102 valence electrons. The third kappa shape index (κ3) is 3.38. The average Bonchev–Trinajstić information content (AvgIpc) is 2.72. The number of H-pyrrole nitrogens is 1. The Morgan fingerprint density at radius 1 is 1.44 bits per heavy atom. The van der Waals surface area contributed by atoms with Crippen LogP contribution < -0.4 is 11.0 Å². The van der Waals surface area contributed by atoms with Crippen LogP contribution in [0.3, 0.4) is 0 Å². The SMILES string of the molecule is CC(C)n1c(SCCC2CCNCC2)n[nH]c1=O. The lowest BCUT2D eigenvalue weighted by Gasteiger charge is -2.22. The van der Waals surface area contributed by atoms with Crippen molar-refractivity contribution in [1.29, 1.82) is 0 Å². The number of thioether (sulfide) groups is 1. The van der Waals surface area contributed by atoms with E-state index in [0.717, 1.165) is 29.9 Å². The summed E-state index contributed by atoms with van der Waals surface area (Å²) in [4.78, 5) is 11.6. The fraction of sp³-hybridized carbons (Fsp3) is 0.833. The highest BCUT2D eigenvalue weighted by Gasteiger charge is 2.15. The van der Waals surface area contributed by atoms with Gasteiger partial charge in [-0.05, 0) is 52.1 Å². The topological polar surface area (TPSA) is 62.7 Å². The van der Waals surface area contributed by atoms with Crippen LogP contribution in [-0.4, -0.2) is 33.6 Å². The van der Waals surface area contributed by atoms with Gasteiger partial charge in [0.05, 0.1) is 0 Å². The van der Waals surface area contributed by atoms with Crippen LogP contribution in [0.2, 0.25) is 0 Å². The van der Waals surface area contributed by atoms with E-state index in [0.29, 0.717) is 0 Å². The summed E-state index contributed by atoms with van der Waals surface area (Å²) < 4.78 is 1.73. The molecule has 0 radical (unpaired) electrons. The predicted octanol–water partition coefficient (Wildman–Crippen LogP) is 1.63. The monoisotopic (exact) mass is 270 g/mol. The Morgan fingerprint density at radius 2 is 2.17 bits per heavy atom. The van der Waals surface area contributed by atoms with Crippen molar-refractivity contribution in [2.45, 2.75) is 44.3 Å². The van der Waals surface area contributed by atoms with E-state index < -0.39 is 0 Å². The van der Waals surface area contributed by atoms with E-state index in [9.17, 15) is 4.79 Å². The average molecular weight is 270 g/mol. The number of nitrogens with zero attached hydrogens (tertiary/aromatic N) is 2. The van der Waals surface area contributed by atoms with E-state index in [-0.39, 0.29) is 11.7 Å². The van der Waals surface area contributed by atoms with Gasteiger partial charge in [0.1, 0.15) is 0 Å². The van der Waals surface area contributed by atoms with Crippen LogP contribution in [0.5, 0.6) is 0 Å². The number of aromatic amines is 1. The van der Waals surface area contributed by atoms with E-state index in [1.807, 2.05) is 13.8 Å². The minimum atomic E-state index is -0.102. The van der Waals surface area contributed by atoms with Crippen molar-refractivity contribution in [3.05, 3.63) is 10.5 Å². The minimum absolute atomic E-state index is 0.102. The molecule has 5 nitrogen and oxygen atoms in total. The highest BCUT2D eigenvalue weighted by molar-refractivity contribution is 7.99. The quantitative estimate of drug-likeness (QED) is 0.798. The van der Waals surface area contributed by atoms with Gasteiger partial charge in [0.15, 0.2) is 5.16 Å². The van der Waals surface area contributed by atoms with Crippen molar-refractivity contribution in [1.82, 2.24) is 20.1 Å². The number of aromatic nitrogens is 3. The lowest BCUT2D eigenvalue weighted by atomic mass is 9.96. The zero-order valence-corrected chi connectivity index (χ0v) is 11.9. The molecule has 0 spiro atoms. The normalized spacial score (nSPS) is 17.5. The minimum Gasteiger partial charge on any atom is -0.317 e. The van der Waals surface area contributed by atoms with Gasteiger partial charge in [-0.1, -0.05) is 11.8 Å². The molecule has 6 heteroatoms. The Labute approximate surface area is 112 Å². The molecule has 1 aromatic rings. The van der Waals surface area contributed by atoms with Crippen molar-refractivity contribution >= 4 is 11.8 Å².